The summed E-state index contributed by atoms with van der Waals surface area (Å²) < 4.78 is 11.1. The Hall–Kier alpha value is -3.88. The highest BCUT2D eigenvalue weighted by molar-refractivity contribution is 5.93. The van der Waals surface area contributed by atoms with Crippen molar-refractivity contribution < 1.29 is 28.7 Å². The van der Waals surface area contributed by atoms with Gasteiger partial charge < -0.3 is 25.4 Å². The van der Waals surface area contributed by atoms with Gasteiger partial charge in [0.1, 0.15) is 23.8 Å². The van der Waals surface area contributed by atoms with E-state index >= 15 is 0 Å². The van der Waals surface area contributed by atoms with Gasteiger partial charge in [0.2, 0.25) is 11.8 Å². The molecule has 2 saturated carbocycles. The molecule has 2 aromatic carbocycles. The first kappa shape index (κ1) is 34.0. The van der Waals surface area contributed by atoms with Gasteiger partial charge in [0, 0.05) is 18.9 Å². The highest BCUT2D eigenvalue weighted by Gasteiger charge is 2.44. The van der Waals surface area contributed by atoms with E-state index in [-0.39, 0.29) is 30.3 Å². The molecule has 9 nitrogen and oxygen atoms in total. The number of esters is 1. The zero-order valence-corrected chi connectivity index (χ0v) is 26.9. The zero-order chi connectivity index (χ0) is 32.3. The molecule has 0 aromatic heterocycles. The minimum absolute atomic E-state index is 0.136. The van der Waals surface area contributed by atoms with E-state index in [9.17, 15) is 19.2 Å². The monoisotopic (exact) mass is 619 g/mol. The number of ether oxygens (including phenoxy) is 2. The number of carbonyl (C=O) groups is 4. The lowest BCUT2D eigenvalue weighted by atomic mass is 9.81. The van der Waals surface area contributed by atoms with Crippen LogP contribution in [0.2, 0.25) is 0 Å². The lowest BCUT2D eigenvalue weighted by Crippen LogP contribution is -2.61. The van der Waals surface area contributed by atoms with Crippen LogP contribution in [0.15, 0.2) is 60.7 Å². The van der Waals surface area contributed by atoms with E-state index in [4.69, 9.17) is 9.47 Å². The SMILES string of the molecule is CC(C)(C)OC(=O)NCC1CCC(C(=O)N[C@@H](Cc2ccccc2)C(=O)NC2(C(=O)OCc3ccccc3)CCCCC2)CC1. The molecule has 2 fully saturated rings. The Labute approximate surface area is 267 Å². The van der Waals surface area contributed by atoms with Gasteiger partial charge in [0.05, 0.1) is 0 Å². The third-order valence-electron chi connectivity index (χ3n) is 8.74. The lowest BCUT2D eigenvalue weighted by molar-refractivity contribution is -0.157. The smallest absolute Gasteiger partial charge is 0.407 e. The average Bonchev–Trinajstić information content (AvgIpc) is 3.03. The van der Waals surface area contributed by atoms with Gasteiger partial charge in [-0.2, -0.15) is 0 Å². The summed E-state index contributed by atoms with van der Waals surface area (Å²) in [4.78, 5) is 53.0. The molecule has 3 amide bonds. The van der Waals surface area contributed by atoms with Gasteiger partial charge >= 0.3 is 12.1 Å². The molecule has 0 aliphatic heterocycles. The second-order valence-electron chi connectivity index (χ2n) is 13.5. The molecule has 9 heteroatoms. The van der Waals surface area contributed by atoms with Crippen molar-refractivity contribution in [2.24, 2.45) is 11.8 Å². The molecule has 3 N–H and O–H groups in total. The molecule has 0 unspecified atom stereocenters. The Kier molecular flexibility index (Phi) is 12.0. The van der Waals surface area contributed by atoms with Crippen LogP contribution in [0.5, 0.6) is 0 Å². The first-order chi connectivity index (χ1) is 21.5. The van der Waals surface area contributed by atoms with Crippen molar-refractivity contribution in [1.29, 1.82) is 0 Å². The summed E-state index contributed by atoms with van der Waals surface area (Å²) in [6, 6.07) is 18.2. The Morgan fingerprint density at radius 1 is 0.844 bits per heavy atom. The van der Waals surface area contributed by atoms with Gasteiger partial charge in [-0.15, -0.1) is 0 Å². The lowest BCUT2D eigenvalue weighted by Gasteiger charge is -2.37. The molecule has 1 atom stereocenters. The number of carbonyl (C=O) groups excluding carboxylic acids is 4. The summed E-state index contributed by atoms with van der Waals surface area (Å²) in [5, 5.41) is 8.95. The van der Waals surface area contributed by atoms with Crippen molar-refractivity contribution in [3.05, 3.63) is 71.8 Å². The predicted molar refractivity (Wildman–Crippen MR) is 172 cm³/mol. The summed E-state index contributed by atoms with van der Waals surface area (Å²) >= 11 is 0. The van der Waals surface area contributed by atoms with E-state index in [1.165, 1.54) is 0 Å². The summed E-state index contributed by atoms with van der Waals surface area (Å²) in [7, 11) is 0. The molecule has 45 heavy (non-hydrogen) atoms. The van der Waals surface area contributed by atoms with Crippen LogP contribution < -0.4 is 16.0 Å². The second kappa shape index (κ2) is 15.9. The number of hydrogen-bond acceptors (Lipinski definition) is 6. The first-order valence-electron chi connectivity index (χ1n) is 16.4. The Morgan fingerprint density at radius 3 is 2.04 bits per heavy atom. The maximum absolute atomic E-state index is 13.9. The van der Waals surface area contributed by atoms with Gasteiger partial charge in [0.25, 0.3) is 0 Å². The van der Waals surface area contributed by atoms with Crippen LogP contribution in [-0.4, -0.2) is 47.6 Å². The molecule has 0 saturated heterocycles. The molecule has 4 rings (SSSR count). The molecular formula is C36H49N3O6. The molecule has 2 aliphatic rings. The Balaban J connectivity index is 1.38. The third-order valence-corrected chi connectivity index (χ3v) is 8.74. The van der Waals surface area contributed by atoms with Crippen LogP contribution in [0.25, 0.3) is 0 Å². The van der Waals surface area contributed by atoms with E-state index < -0.39 is 29.2 Å². The maximum atomic E-state index is 13.9. The largest absolute Gasteiger partial charge is 0.459 e. The normalized spacial score (nSPS) is 20.2. The Morgan fingerprint density at radius 2 is 1.44 bits per heavy atom. The van der Waals surface area contributed by atoms with Gasteiger partial charge in [-0.25, -0.2) is 9.59 Å². The topological polar surface area (TPSA) is 123 Å². The van der Waals surface area contributed by atoms with Crippen molar-refractivity contribution in [2.45, 2.75) is 109 Å². The second-order valence-corrected chi connectivity index (χ2v) is 13.5. The molecule has 2 aromatic rings. The molecule has 244 valence electrons. The number of rotatable bonds is 11. The highest BCUT2D eigenvalue weighted by Crippen LogP contribution is 2.31. The summed E-state index contributed by atoms with van der Waals surface area (Å²) in [5.74, 6) is -0.927. The van der Waals surface area contributed by atoms with Gasteiger partial charge in [-0.3, -0.25) is 9.59 Å². The van der Waals surface area contributed by atoms with Crippen molar-refractivity contribution >= 4 is 23.9 Å². The number of hydrogen-bond donors (Lipinski definition) is 3. The Bertz CT molecular complexity index is 1260. The van der Waals surface area contributed by atoms with Crippen molar-refractivity contribution in [3.63, 3.8) is 0 Å². The fourth-order valence-electron chi connectivity index (χ4n) is 6.24. The van der Waals surface area contributed by atoms with Crippen LogP contribution in [0.3, 0.4) is 0 Å². The fraction of sp³-hybridized carbons (Fsp3) is 0.556. The van der Waals surface area contributed by atoms with Crippen LogP contribution in [-0.2, 0) is 36.9 Å². The number of amides is 3. The van der Waals surface area contributed by atoms with Crippen molar-refractivity contribution in [3.8, 4) is 0 Å². The standard InChI is InChI=1S/C36H49N3O6/c1-35(2,3)45-34(43)37-24-27-17-19-29(20-18-27)31(40)38-30(23-26-13-7-4-8-14-26)32(41)39-36(21-11-6-12-22-36)33(42)44-25-28-15-9-5-10-16-28/h4-5,7-10,13-16,27,29-30H,6,11-12,17-25H2,1-3H3,(H,37,43)(H,38,40)(H,39,41)/t27?,29?,30-/m0/s1. The van der Waals surface area contributed by atoms with Crippen LogP contribution in [0, 0.1) is 11.8 Å². The summed E-state index contributed by atoms with van der Waals surface area (Å²) in [5.41, 5.74) is 0.122. The van der Waals surface area contributed by atoms with E-state index in [1.54, 1.807) is 0 Å². The fourth-order valence-corrected chi connectivity index (χ4v) is 6.24. The van der Waals surface area contributed by atoms with Gasteiger partial charge in [0.15, 0.2) is 0 Å². The number of benzene rings is 2. The zero-order valence-electron chi connectivity index (χ0n) is 26.9. The van der Waals surface area contributed by atoms with E-state index in [1.807, 2.05) is 81.4 Å². The molecular weight excluding hydrogens is 570 g/mol. The predicted octanol–water partition coefficient (Wildman–Crippen LogP) is 5.61. The minimum Gasteiger partial charge on any atom is -0.459 e. The summed E-state index contributed by atoms with van der Waals surface area (Å²) in [6.45, 7) is 6.12. The van der Waals surface area contributed by atoms with Crippen LogP contribution in [0.1, 0.15) is 89.7 Å². The third kappa shape index (κ3) is 10.6. The van der Waals surface area contributed by atoms with E-state index in [0.717, 1.165) is 43.2 Å². The van der Waals surface area contributed by atoms with E-state index in [2.05, 4.69) is 16.0 Å². The minimum atomic E-state index is -1.12. The first-order valence-corrected chi connectivity index (χ1v) is 16.4. The van der Waals surface area contributed by atoms with Crippen LogP contribution >= 0.6 is 0 Å². The molecule has 0 bridgehead atoms. The van der Waals surface area contributed by atoms with Crippen molar-refractivity contribution in [2.75, 3.05) is 6.54 Å². The van der Waals surface area contributed by atoms with Gasteiger partial charge in [-0.1, -0.05) is 79.9 Å². The average molecular weight is 620 g/mol. The quantitative estimate of drug-likeness (QED) is 0.281. The van der Waals surface area contributed by atoms with Crippen LogP contribution in [0.4, 0.5) is 4.79 Å². The highest BCUT2D eigenvalue weighted by atomic mass is 16.6. The molecule has 0 radical (unpaired) electrons. The summed E-state index contributed by atoms with van der Waals surface area (Å²) in [6.07, 6.45) is 6.40. The van der Waals surface area contributed by atoms with E-state index in [0.29, 0.717) is 38.6 Å². The maximum Gasteiger partial charge on any atom is 0.407 e. The molecule has 2 aliphatic carbocycles. The molecule has 0 heterocycles. The number of nitrogens with one attached hydrogen (secondary N) is 3. The van der Waals surface area contributed by atoms with Crippen molar-refractivity contribution in [1.82, 2.24) is 16.0 Å². The number of alkyl carbamates (subject to hydrolysis) is 1. The molecule has 0 spiro atoms. The van der Waals surface area contributed by atoms with Gasteiger partial charge in [-0.05, 0) is 76.3 Å².